The van der Waals surface area contributed by atoms with Crippen molar-refractivity contribution < 1.29 is 13.9 Å². The second kappa shape index (κ2) is 6.33. The van der Waals surface area contributed by atoms with Gasteiger partial charge in [-0.2, -0.15) is 0 Å². The Balaban J connectivity index is 2.00. The number of rotatable bonds is 2. The summed E-state index contributed by atoms with van der Waals surface area (Å²) in [5.74, 6) is -0.136. The molecule has 2 aromatic carbocycles. The lowest BCUT2D eigenvalue weighted by atomic mass is 10.2. The number of anilines is 2. The van der Waals surface area contributed by atoms with E-state index in [1.54, 1.807) is 35.9 Å². The molecule has 1 aromatic heterocycles. The van der Waals surface area contributed by atoms with Gasteiger partial charge >= 0.3 is 6.09 Å². The lowest BCUT2D eigenvalue weighted by molar-refractivity contribution is 0.0589. The van der Waals surface area contributed by atoms with Crippen LogP contribution in [0.3, 0.4) is 0 Å². The number of carbonyl (C=O) groups is 1. The molecule has 1 heterocycles. The average molecular weight is 356 g/mol. The second-order valence-corrected chi connectivity index (χ2v) is 7.00. The fraction of sp³-hybridized carbons (Fsp3) is 0.263. The van der Waals surface area contributed by atoms with Crippen molar-refractivity contribution in [2.75, 3.05) is 17.7 Å². The van der Waals surface area contributed by atoms with Crippen LogP contribution in [0.2, 0.25) is 0 Å². The molecule has 0 atom stereocenters. The van der Waals surface area contributed by atoms with Gasteiger partial charge in [-0.1, -0.05) is 6.07 Å². The Bertz CT molecular complexity index is 975. The van der Waals surface area contributed by atoms with E-state index in [-0.39, 0.29) is 11.8 Å². The Labute approximate surface area is 151 Å². The first kappa shape index (κ1) is 17.7. The van der Waals surface area contributed by atoms with Crippen LogP contribution >= 0.6 is 0 Å². The number of halogens is 1. The summed E-state index contributed by atoms with van der Waals surface area (Å²) in [4.78, 5) is 17.9. The Morgan fingerprint density at radius 1 is 1.23 bits per heavy atom. The minimum atomic E-state index is -0.585. The number of nitrogens with two attached hydrogens (primary N) is 1. The zero-order valence-electron chi connectivity index (χ0n) is 15.2. The van der Waals surface area contributed by atoms with E-state index in [4.69, 9.17) is 10.5 Å². The molecule has 2 N–H and O–H groups in total. The van der Waals surface area contributed by atoms with Crippen LogP contribution in [0.1, 0.15) is 20.8 Å². The number of nitrogens with zero attached hydrogens (tertiary/aromatic N) is 3. The maximum Gasteiger partial charge on any atom is 0.414 e. The second-order valence-electron chi connectivity index (χ2n) is 7.00. The highest BCUT2D eigenvalue weighted by Crippen LogP contribution is 2.26. The molecule has 7 heteroatoms. The summed E-state index contributed by atoms with van der Waals surface area (Å²) in [7, 11) is 1.64. The van der Waals surface area contributed by atoms with E-state index in [2.05, 4.69) is 4.98 Å². The van der Waals surface area contributed by atoms with Crippen LogP contribution in [-0.2, 0) is 4.74 Å². The molecule has 0 unspecified atom stereocenters. The van der Waals surface area contributed by atoms with Crippen molar-refractivity contribution in [3.63, 3.8) is 0 Å². The van der Waals surface area contributed by atoms with Gasteiger partial charge in [-0.3, -0.25) is 9.47 Å². The van der Waals surface area contributed by atoms with Gasteiger partial charge in [0.1, 0.15) is 11.4 Å². The molecule has 0 aliphatic rings. The van der Waals surface area contributed by atoms with E-state index in [1.165, 1.54) is 17.0 Å². The normalized spacial score (nSPS) is 11.6. The van der Waals surface area contributed by atoms with Crippen molar-refractivity contribution >= 4 is 28.8 Å². The average Bonchev–Trinajstić information content (AvgIpc) is 2.87. The van der Waals surface area contributed by atoms with E-state index in [1.807, 2.05) is 26.8 Å². The zero-order valence-corrected chi connectivity index (χ0v) is 15.2. The number of hydrogen-bond donors (Lipinski definition) is 1. The third kappa shape index (κ3) is 3.46. The summed E-state index contributed by atoms with van der Waals surface area (Å²) in [6.07, 6.45) is -0.458. The number of nitrogen functional groups attached to an aromatic ring is 1. The molecule has 0 aliphatic heterocycles. The summed E-state index contributed by atoms with van der Waals surface area (Å²) in [5, 5.41) is 0. The van der Waals surface area contributed by atoms with E-state index < -0.39 is 11.7 Å². The van der Waals surface area contributed by atoms with Crippen LogP contribution in [0.25, 0.3) is 16.7 Å². The van der Waals surface area contributed by atoms with Gasteiger partial charge in [0.15, 0.2) is 0 Å². The minimum Gasteiger partial charge on any atom is -0.443 e. The third-order valence-electron chi connectivity index (χ3n) is 3.79. The highest BCUT2D eigenvalue weighted by atomic mass is 19.1. The molecule has 0 saturated carbocycles. The predicted molar refractivity (Wildman–Crippen MR) is 100 cm³/mol. The smallest absolute Gasteiger partial charge is 0.414 e. The van der Waals surface area contributed by atoms with Gasteiger partial charge in [0, 0.05) is 18.8 Å². The number of aromatic nitrogens is 2. The molecule has 0 fully saturated rings. The molecular weight excluding hydrogens is 335 g/mol. The molecule has 0 aliphatic carbocycles. The van der Waals surface area contributed by atoms with Crippen molar-refractivity contribution in [2.24, 2.45) is 0 Å². The number of imidazole rings is 1. The maximum absolute atomic E-state index is 13.4. The number of hydrogen-bond acceptors (Lipinski definition) is 4. The first-order valence-electron chi connectivity index (χ1n) is 8.16. The minimum absolute atomic E-state index is 0.239. The lowest BCUT2D eigenvalue weighted by Crippen LogP contribution is -2.34. The van der Waals surface area contributed by atoms with Gasteiger partial charge < -0.3 is 10.5 Å². The van der Waals surface area contributed by atoms with Gasteiger partial charge in [-0.05, 0) is 51.1 Å². The van der Waals surface area contributed by atoms with Gasteiger partial charge in [0.25, 0.3) is 0 Å². The summed E-state index contributed by atoms with van der Waals surface area (Å²) in [5.41, 5.74) is 7.94. The van der Waals surface area contributed by atoms with Crippen molar-refractivity contribution in [1.82, 2.24) is 9.55 Å². The van der Waals surface area contributed by atoms with Crippen LogP contribution in [0.4, 0.5) is 20.8 Å². The van der Waals surface area contributed by atoms with Gasteiger partial charge in [0.2, 0.25) is 5.95 Å². The van der Waals surface area contributed by atoms with E-state index >= 15 is 0 Å². The SMILES string of the molecule is CN(C(=O)OC(C)(C)C)c1cccc(-n2c(N)nc3cc(F)ccc32)c1. The van der Waals surface area contributed by atoms with Crippen LogP contribution in [0.15, 0.2) is 42.5 Å². The fourth-order valence-electron chi connectivity index (χ4n) is 2.62. The Hall–Kier alpha value is -3.09. The van der Waals surface area contributed by atoms with Crippen molar-refractivity contribution in [3.8, 4) is 5.69 Å². The molecular formula is C19H21FN4O2. The molecule has 3 rings (SSSR count). The Morgan fingerprint density at radius 3 is 2.65 bits per heavy atom. The number of amides is 1. The molecule has 0 saturated heterocycles. The first-order valence-corrected chi connectivity index (χ1v) is 8.16. The summed E-state index contributed by atoms with van der Waals surface area (Å²) in [6.45, 7) is 5.44. The highest BCUT2D eigenvalue weighted by Gasteiger charge is 2.21. The number of benzene rings is 2. The zero-order chi connectivity index (χ0) is 19.1. The van der Waals surface area contributed by atoms with E-state index in [0.29, 0.717) is 22.4 Å². The van der Waals surface area contributed by atoms with Gasteiger partial charge in [-0.15, -0.1) is 0 Å². The number of carbonyl (C=O) groups excluding carboxylic acids is 1. The molecule has 0 radical (unpaired) electrons. The largest absolute Gasteiger partial charge is 0.443 e. The molecule has 26 heavy (non-hydrogen) atoms. The molecule has 136 valence electrons. The molecule has 1 amide bonds. The van der Waals surface area contributed by atoms with Crippen molar-refractivity contribution in [2.45, 2.75) is 26.4 Å². The molecule has 6 nitrogen and oxygen atoms in total. The number of ether oxygens (including phenoxy) is 1. The fourth-order valence-corrected chi connectivity index (χ4v) is 2.62. The topological polar surface area (TPSA) is 73.4 Å². The molecule has 3 aromatic rings. The number of fused-ring (bicyclic) bond motifs is 1. The standard InChI is InChI=1S/C19H21FN4O2/c1-19(2,3)26-18(25)23(4)13-6-5-7-14(11-13)24-16-9-8-12(20)10-15(16)22-17(24)21/h5-11H,1-4H3,(H2,21,22). The molecule has 0 spiro atoms. The van der Waals surface area contributed by atoms with Gasteiger partial charge in [0.05, 0.1) is 16.7 Å². The van der Waals surface area contributed by atoms with E-state index in [9.17, 15) is 9.18 Å². The van der Waals surface area contributed by atoms with Crippen molar-refractivity contribution in [1.29, 1.82) is 0 Å². The summed E-state index contributed by atoms with van der Waals surface area (Å²) < 4.78 is 20.5. The van der Waals surface area contributed by atoms with Crippen LogP contribution in [0, 0.1) is 5.82 Å². The van der Waals surface area contributed by atoms with Crippen molar-refractivity contribution in [3.05, 3.63) is 48.3 Å². The lowest BCUT2D eigenvalue weighted by Gasteiger charge is -2.25. The predicted octanol–water partition coefficient (Wildman–Crippen LogP) is 4.12. The highest BCUT2D eigenvalue weighted by molar-refractivity contribution is 5.88. The summed E-state index contributed by atoms with van der Waals surface area (Å²) in [6, 6.07) is 11.6. The van der Waals surface area contributed by atoms with Crippen LogP contribution < -0.4 is 10.6 Å². The monoisotopic (exact) mass is 356 g/mol. The van der Waals surface area contributed by atoms with Gasteiger partial charge in [-0.25, -0.2) is 14.2 Å². The maximum atomic E-state index is 13.4. The Kier molecular flexibility index (Phi) is 4.31. The van der Waals surface area contributed by atoms with Crippen LogP contribution in [-0.4, -0.2) is 28.3 Å². The molecule has 0 bridgehead atoms. The quantitative estimate of drug-likeness (QED) is 0.750. The van der Waals surface area contributed by atoms with E-state index in [0.717, 1.165) is 0 Å². The summed E-state index contributed by atoms with van der Waals surface area (Å²) >= 11 is 0. The first-order chi connectivity index (χ1) is 12.2. The third-order valence-corrected chi connectivity index (χ3v) is 3.79. The van der Waals surface area contributed by atoms with Crippen LogP contribution in [0.5, 0.6) is 0 Å². The Morgan fingerprint density at radius 2 is 1.96 bits per heavy atom.